The maximum atomic E-state index is 10.5. The third kappa shape index (κ3) is 5.17. The van der Waals surface area contributed by atoms with Crippen molar-refractivity contribution < 1.29 is 9.53 Å². The Morgan fingerprint density at radius 2 is 2.18 bits per heavy atom. The van der Waals surface area contributed by atoms with Crippen LogP contribution in [0.15, 0.2) is 36.9 Å². The first-order valence-electron chi connectivity index (χ1n) is 5.48. The van der Waals surface area contributed by atoms with E-state index in [0.29, 0.717) is 5.75 Å². The molecule has 4 nitrogen and oxygen atoms in total. The molecule has 0 bridgehead atoms. The van der Waals surface area contributed by atoms with Crippen molar-refractivity contribution in [3.05, 3.63) is 42.5 Å². The van der Waals surface area contributed by atoms with Crippen LogP contribution in [0.4, 0.5) is 0 Å². The minimum absolute atomic E-state index is 0.0922. The molecule has 1 aromatic carbocycles. The fourth-order valence-corrected chi connectivity index (χ4v) is 1.22. The molecule has 0 aliphatic carbocycles. The van der Waals surface area contributed by atoms with E-state index in [2.05, 4.69) is 11.9 Å². The number of benzene rings is 1. The van der Waals surface area contributed by atoms with Crippen LogP contribution in [0.3, 0.4) is 0 Å². The van der Waals surface area contributed by atoms with Gasteiger partial charge in [0.1, 0.15) is 5.75 Å². The van der Waals surface area contributed by atoms with Gasteiger partial charge in [-0.15, -0.1) is 6.58 Å². The summed E-state index contributed by atoms with van der Waals surface area (Å²) in [5, 5.41) is 3.29. The van der Waals surface area contributed by atoms with Crippen molar-refractivity contribution in [2.24, 2.45) is 5.73 Å². The molecule has 0 aliphatic heterocycles. The van der Waals surface area contributed by atoms with Crippen LogP contribution < -0.4 is 15.8 Å². The van der Waals surface area contributed by atoms with Crippen molar-refractivity contribution in [2.45, 2.75) is 19.5 Å². The quantitative estimate of drug-likeness (QED) is 0.697. The summed E-state index contributed by atoms with van der Waals surface area (Å²) in [6.07, 6.45) is 1.85. The number of amides is 1. The van der Waals surface area contributed by atoms with Gasteiger partial charge in [0.05, 0.1) is 0 Å². The summed E-state index contributed by atoms with van der Waals surface area (Å²) in [6, 6.07) is 7.80. The summed E-state index contributed by atoms with van der Waals surface area (Å²) in [5.74, 6) is 0.167. The highest BCUT2D eigenvalue weighted by Crippen LogP contribution is 2.11. The highest BCUT2D eigenvalue weighted by atomic mass is 16.5. The molecule has 1 amide bonds. The second kappa shape index (κ2) is 6.70. The molecule has 0 heterocycles. The lowest BCUT2D eigenvalue weighted by atomic mass is 10.2. The first-order chi connectivity index (χ1) is 8.11. The molecule has 0 aliphatic rings. The van der Waals surface area contributed by atoms with E-state index in [9.17, 15) is 4.79 Å². The van der Waals surface area contributed by atoms with Crippen LogP contribution >= 0.6 is 0 Å². The highest BCUT2D eigenvalue weighted by Gasteiger charge is 1.99. The van der Waals surface area contributed by atoms with Gasteiger partial charge in [0, 0.05) is 12.6 Å². The minimum Gasteiger partial charge on any atom is -0.484 e. The number of rotatable bonds is 7. The van der Waals surface area contributed by atoms with Crippen molar-refractivity contribution in [3.63, 3.8) is 0 Å². The van der Waals surface area contributed by atoms with E-state index < -0.39 is 5.91 Å². The van der Waals surface area contributed by atoms with Gasteiger partial charge in [0.25, 0.3) is 5.91 Å². The second-order valence-corrected chi connectivity index (χ2v) is 3.80. The minimum atomic E-state index is -0.476. The summed E-state index contributed by atoms with van der Waals surface area (Å²) in [4.78, 5) is 10.5. The molecule has 0 aromatic heterocycles. The van der Waals surface area contributed by atoms with Crippen LogP contribution in [-0.4, -0.2) is 18.6 Å². The molecule has 3 N–H and O–H groups in total. The van der Waals surface area contributed by atoms with Gasteiger partial charge in [-0.2, -0.15) is 0 Å². The summed E-state index contributed by atoms with van der Waals surface area (Å²) < 4.78 is 5.16. The normalized spacial score (nSPS) is 11.8. The molecule has 0 radical (unpaired) electrons. The number of carbonyl (C=O) groups excluding carboxylic acids is 1. The van der Waals surface area contributed by atoms with Crippen LogP contribution in [-0.2, 0) is 11.3 Å². The summed E-state index contributed by atoms with van der Waals surface area (Å²) in [5.41, 5.74) is 6.13. The Kier molecular flexibility index (Phi) is 5.23. The van der Waals surface area contributed by atoms with E-state index in [4.69, 9.17) is 10.5 Å². The van der Waals surface area contributed by atoms with Gasteiger partial charge in [-0.25, -0.2) is 0 Å². The first kappa shape index (κ1) is 13.3. The van der Waals surface area contributed by atoms with Gasteiger partial charge >= 0.3 is 0 Å². The molecule has 0 fully saturated rings. The van der Waals surface area contributed by atoms with E-state index in [1.165, 1.54) is 0 Å². The van der Waals surface area contributed by atoms with E-state index in [-0.39, 0.29) is 12.6 Å². The average molecular weight is 234 g/mol. The van der Waals surface area contributed by atoms with Crippen LogP contribution in [0.5, 0.6) is 5.75 Å². The molecule has 92 valence electrons. The zero-order valence-corrected chi connectivity index (χ0v) is 9.98. The predicted octanol–water partition coefficient (Wildman–Crippen LogP) is 1.21. The van der Waals surface area contributed by atoms with E-state index in [1.54, 1.807) is 0 Å². The van der Waals surface area contributed by atoms with Crippen molar-refractivity contribution in [1.82, 2.24) is 5.32 Å². The van der Waals surface area contributed by atoms with Crippen LogP contribution in [0.25, 0.3) is 0 Å². The number of hydrogen-bond acceptors (Lipinski definition) is 3. The third-order valence-corrected chi connectivity index (χ3v) is 2.29. The molecule has 1 atom stereocenters. The van der Waals surface area contributed by atoms with Gasteiger partial charge < -0.3 is 15.8 Å². The van der Waals surface area contributed by atoms with Gasteiger partial charge in [-0.05, 0) is 24.6 Å². The topological polar surface area (TPSA) is 64.3 Å². The lowest BCUT2D eigenvalue weighted by molar-refractivity contribution is -0.119. The Bertz CT molecular complexity index is 374. The Labute approximate surface area is 101 Å². The highest BCUT2D eigenvalue weighted by molar-refractivity contribution is 5.75. The smallest absolute Gasteiger partial charge is 0.255 e. The lowest BCUT2D eigenvalue weighted by Gasteiger charge is -2.09. The van der Waals surface area contributed by atoms with Crippen LogP contribution in [0.2, 0.25) is 0 Å². The maximum Gasteiger partial charge on any atom is 0.255 e. The zero-order chi connectivity index (χ0) is 12.7. The van der Waals surface area contributed by atoms with Gasteiger partial charge in [-0.3, -0.25) is 4.79 Å². The molecule has 0 saturated heterocycles. The van der Waals surface area contributed by atoms with Crippen molar-refractivity contribution in [3.8, 4) is 5.75 Å². The van der Waals surface area contributed by atoms with E-state index in [0.717, 1.165) is 12.1 Å². The van der Waals surface area contributed by atoms with Crippen LogP contribution in [0.1, 0.15) is 12.5 Å². The third-order valence-electron chi connectivity index (χ3n) is 2.29. The number of nitrogens with two attached hydrogens (primary N) is 1. The van der Waals surface area contributed by atoms with Gasteiger partial charge in [-0.1, -0.05) is 18.2 Å². The Balaban J connectivity index is 2.44. The average Bonchev–Trinajstić information content (AvgIpc) is 2.34. The van der Waals surface area contributed by atoms with Crippen molar-refractivity contribution in [1.29, 1.82) is 0 Å². The van der Waals surface area contributed by atoms with Gasteiger partial charge in [0.2, 0.25) is 0 Å². The Morgan fingerprint density at radius 1 is 1.53 bits per heavy atom. The van der Waals surface area contributed by atoms with Crippen molar-refractivity contribution in [2.75, 3.05) is 6.61 Å². The van der Waals surface area contributed by atoms with Crippen molar-refractivity contribution >= 4 is 5.91 Å². The Hall–Kier alpha value is -1.81. The number of primary amides is 1. The van der Waals surface area contributed by atoms with E-state index >= 15 is 0 Å². The van der Waals surface area contributed by atoms with Gasteiger partial charge in [0.15, 0.2) is 6.61 Å². The standard InChI is InChI=1S/C13H18N2O2/c1-3-10(2)15-8-11-4-6-12(7-5-11)17-9-13(14)16/h3-7,10,15H,1,8-9H2,2H3,(H2,14,16). The zero-order valence-electron chi connectivity index (χ0n) is 9.98. The second-order valence-electron chi connectivity index (χ2n) is 3.80. The summed E-state index contributed by atoms with van der Waals surface area (Å²) >= 11 is 0. The fraction of sp³-hybridized carbons (Fsp3) is 0.308. The molecule has 17 heavy (non-hydrogen) atoms. The molecule has 1 aromatic rings. The molecule has 1 unspecified atom stereocenters. The molecular weight excluding hydrogens is 216 g/mol. The Morgan fingerprint density at radius 3 is 2.71 bits per heavy atom. The fourth-order valence-electron chi connectivity index (χ4n) is 1.22. The number of carbonyl (C=O) groups is 1. The van der Waals surface area contributed by atoms with Crippen LogP contribution in [0, 0.1) is 0 Å². The maximum absolute atomic E-state index is 10.5. The lowest BCUT2D eigenvalue weighted by Crippen LogP contribution is -2.22. The number of nitrogens with one attached hydrogen (secondary N) is 1. The number of ether oxygens (including phenoxy) is 1. The predicted molar refractivity (Wildman–Crippen MR) is 67.6 cm³/mol. The SMILES string of the molecule is C=CC(C)NCc1ccc(OCC(N)=O)cc1. The first-order valence-corrected chi connectivity index (χ1v) is 5.48. The molecule has 0 saturated carbocycles. The molecule has 0 spiro atoms. The molecule has 4 heteroatoms. The molecule has 1 rings (SSSR count). The van der Waals surface area contributed by atoms with E-state index in [1.807, 2.05) is 37.3 Å². The monoisotopic (exact) mass is 234 g/mol. The largest absolute Gasteiger partial charge is 0.484 e. The summed E-state index contributed by atoms with van der Waals surface area (Å²) in [7, 11) is 0. The number of hydrogen-bond donors (Lipinski definition) is 2. The summed E-state index contributed by atoms with van der Waals surface area (Å²) in [6.45, 7) is 6.42. The molecular formula is C13H18N2O2.